The Kier molecular flexibility index (Phi) is 6.59. The number of benzene rings is 1. The second-order valence-electron chi connectivity index (χ2n) is 7.30. The number of aliphatic imine (C=N–C) groups is 1. The SMILES string of the molecule is CC1=C(C(=O)O)[C@@](c2ccc(F)cc2Cl)([C@H](C)C=O)N=C(c2nccs2)N1OC(C)C. The molecule has 2 heterocycles. The number of carboxylic acids is 1. The molecule has 31 heavy (non-hydrogen) atoms. The molecule has 0 spiro atoms. The molecule has 1 aliphatic heterocycles. The lowest BCUT2D eigenvalue weighted by Crippen LogP contribution is -2.48. The third-order valence-electron chi connectivity index (χ3n) is 4.88. The Morgan fingerprint density at radius 2 is 2.10 bits per heavy atom. The molecule has 3 rings (SSSR count). The molecule has 164 valence electrons. The highest BCUT2D eigenvalue weighted by Crippen LogP contribution is 2.48. The number of thiazole rings is 1. The van der Waals surface area contributed by atoms with E-state index in [-0.39, 0.29) is 33.8 Å². The first-order valence-electron chi connectivity index (χ1n) is 9.45. The van der Waals surface area contributed by atoms with Gasteiger partial charge in [-0.15, -0.1) is 11.3 Å². The second-order valence-corrected chi connectivity index (χ2v) is 8.60. The second kappa shape index (κ2) is 8.86. The van der Waals surface area contributed by atoms with Gasteiger partial charge >= 0.3 is 5.97 Å². The van der Waals surface area contributed by atoms with E-state index in [9.17, 15) is 19.1 Å². The van der Waals surface area contributed by atoms with Crippen molar-refractivity contribution in [1.82, 2.24) is 10.0 Å². The highest BCUT2D eigenvalue weighted by molar-refractivity contribution is 7.11. The fourth-order valence-electron chi connectivity index (χ4n) is 3.60. The largest absolute Gasteiger partial charge is 0.478 e. The van der Waals surface area contributed by atoms with Gasteiger partial charge in [-0.3, -0.25) is 4.84 Å². The van der Waals surface area contributed by atoms with Crippen LogP contribution < -0.4 is 0 Å². The molecule has 0 saturated heterocycles. The number of hydroxylamine groups is 2. The molecule has 7 nitrogen and oxygen atoms in total. The van der Waals surface area contributed by atoms with Crippen LogP contribution in [-0.2, 0) is 20.0 Å². The molecule has 1 aliphatic rings. The lowest BCUT2D eigenvalue weighted by molar-refractivity contribution is -0.137. The molecule has 0 amide bonds. The van der Waals surface area contributed by atoms with E-state index in [2.05, 4.69) is 4.98 Å². The molecule has 0 saturated carbocycles. The molecular weight excluding hydrogens is 445 g/mol. The molecular formula is C21H21ClFN3O4S. The van der Waals surface area contributed by atoms with Crippen molar-refractivity contribution in [3.05, 3.63) is 62.5 Å². The minimum Gasteiger partial charge on any atom is -0.478 e. The minimum absolute atomic E-state index is 0.0410. The summed E-state index contributed by atoms with van der Waals surface area (Å²) in [6.45, 7) is 6.70. The van der Waals surface area contributed by atoms with Crippen LogP contribution in [0.25, 0.3) is 0 Å². The zero-order valence-electron chi connectivity index (χ0n) is 17.3. The molecule has 0 unspecified atom stereocenters. The predicted octanol–water partition coefficient (Wildman–Crippen LogP) is 4.43. The Morgan fingerprint density at radius 1 is 1.39 bits per heavy atom. The van der Waals surface area contributed by atoms with Crippen LogP contribution in [0.4, 0.5) is 4.39 Å². The van der Waals surface area contributed by atoms with Gasteiger partial charge < -0.3 is 9.90 Å². The summed E-state index contributed by atoms with van der Waals surface area (Å²) in [5.74, 6) is -2.61. The summed E-state index contributed by atoms with van der Waals surface area (Å²) < 4.78 is 13.8. The molecule has 2 aromatic rings. The van der Waals surface area contributed by atoms with Crippen LogP contribution in [0.15, 0.2) is 46.0 Å². The molecule has 0 fully saturated rings. The minimum atomic E-state index is -1.72. The molecule has 10 heteroatoms. The number of nitrogens with zero attached hydrogens (tertiary/aromatic N) is 3. The van der Waals surface area contributed by atoms with Crippen molar-refractivity contribution >= 4 is 41.0 Å². The fourth-order valence-corrected chi connectivity index (χ4v) is 4.51. The molecule has 1 N–H and O–H groups in total. The first-order chi connectivity index (χ1) is 14.6. The van der Waals surface area contributed by atoms with Gasteiger partial charge in [-0.05, 0) is 32.9 Å². The van der Waals surface area contributed by atoms with Crippen LogP contribution in [0, 0.1) is 11.7 Å². The fraction of sp³-hybridized carbons (Fsp3) is 0.333. The maximum absolute atomic E-state index is 13.8. The maximum atomic E-state index is 13.8. The van der Waals surface area contributed by atoms with Gasteiger partial charge in [0, 0.05) is 28.1 Å². The number of amidine groups is 1. The van der Waals surface area contributed by atoms with Crippen molar-refractivity contribution in [2.24, 2.45) is 10.9 Å². The number of hydrogen-bond donors (Lipinski definition) is 1. The zero-order valence-corrected chi connectivity index (χ0v) is 18.9. The standard InChI is InChI=1S/C21H21ClFN3O4S/c1-11(2)30-26-13(4)17(20(28)29)21(12(3)10-27,15-6-5-14(23)9-16(15)22)25-18(26)19-24-7-8-31-19/h5-12H,1-4H3,(H,28,29)/t12-,21+/m1/s1. The normalized spacial score (nSPS) is 20.1. The number of hydrogen-bond acceptors (Lipinski definition) is 7. The summed E-state index contributed by atoms with van der Waals surface area (Å²) >= 11 is 7.64. The topological polar surface area (TPSA) is 92.1 Å². The van der Waals surface area contributed by atoms with E-state index >= 15 is 0 Å². The number of carbonyl (C=O) groups is 2. The van der Waals surface area contributed by atoms with Crippen molar-refractivity contribution < 1.29 is 23.9 Å². The van der Waals surface area contributed by atoms with E-state index in [4.69, 9.17) is 21.4 Å². The highest BCUT2D eigenvalue weighted by Gasteiger charge is 2.51. The lowest BCUT2D eigenvalue weighted by Gasteiger charge is -2.42. The first-order valence-corrected chi connectivity index (χ1v) is 10.7. The highest BCUT2D eigenvalue weighted by atomic mass is 35.5. The van der Waals surface area contributed by atoms with E-state index in [1.807, 2.05) is 0 Å². The van der Waals surface area contributed by atoms with Crippen LogP contribution in [-0.4, -0.2) is 39.3 Å². The van der Waals surface area contributed by atoms with Gasteiger partial charge in [-0.2, -0.15) is 0 Å². The number of carboxylic acid groups (broad SMARTS) is 1. The van der Waals surface area contributed by atoms with Gasteiger partial charge in [-0.25, -0.2) is 24.2 Å². The summed E-state index contributed by atoms with van der Waals surface area (Å²) in [5, 5.41) is 13.7. The zero-order chi connectivity index (χ0) is 22.9. The molecule has 1 aromatic carbocycles. The van der Waals surface area contributed by atoms with Crippen molar-refractivity contribution in [2.75, 3.05) is 0 Å². The number of aldehydes is 1. The molecule has 0 radical (unpaired) electrons. The summed E-state index contributed by atoms with van der Waals surface area (Å²) in [6.07, 6.45) is 1.88. The summed E-state index contributed by atoms with van der Waals surface area (Å²) in [7, 11) is 0. The van der Waals surface area contributed by atoms with Gasteiger partial charge in [0.15, 0.2) is 10.8 Å². The van der Waals surface area contributed by atoms with Gasteiger partial charge in [0.1, 0.15) is 17.6 Å². The van der Waals surface area contributed by atoms with Gasteiger partial charge in [-0.1, -0.05) is 24.6 Å². The smallest absolute Gasteiger partial charge is 0.336 e. The van der Waals surface area contributed by atoms with E-state index in [0.717, 1.165) is 12.1 Å². The number of rotatable bonds is 7. The van der Waals surface area contributed by atoms with Gasteiger partial charge in [0.2, 0.25) is 0 Å². The Morgan fingerprint density at radius 3 is 2.61 bits per heavy atom. The Balaban J connectivity index is 2.44. The molecule has 2 atom stereocenters. The van der Waals surface area contributed by atoms with Crippen molar-refractivity contribution in [2.45, 2.75) is 39.3 Å². The van der Waals surface area contributed by atoms with Crippen LogP contribution in [0.3, 0.4) is 0 Å². The van der Waals surface area contributed by atoms with Crippen LogP contribution in [0.2, 0.25) is 5.02 Å². The summed E-state index contributed by atoms with van der Waals surface area (Å²) in [6, 6.07) is 3.58. The van der Waals surface area contributed by atoms with Crippen molar-refractivity contribution in [3.8, 4) is 0 Å². The Bertz CT molecular complexity index is 1070. The summed E-state index contributed by atoms with van der Waals surface area (Å²) in [4.78, 5) is 39.5. The number of aromatic nitrogens is 1. The molecule has 0 aliphatic carbocycles. The molecule has 0 bridgehead atoms. The van der Waals surface area contributed by atoms with Gasteiger partial charge in [0.05, 0.1) is 17.4 Å². The number of carbonyl (C=O) groups excluding carboxylic acids is 1. The average Bonchev–Trinajstić information content (AvgIpc) is 3.22. The third kappa shape index (κ3) is 4.00. The Hall–Kier alpha value is -2.62. The summed E-state index contributed by atoms with van der Waals surface area (Å²) in [5.41, 5.74) is -1.50. The first kappa shape index (κ1) is 23.1. The maximum Gasteiger partial charge on any atom is 0.336 e. The Labute approximate surface area is 187 Å². The van der Waals surface area contributed by atoms with Crippen LogP contribution in [0.5, 0.6) is 0 Å². The lowest BCUT2D eigenvalue weighted by atomic mass is 9.72. The van der Waals surface area contributed by atoms with E-state index < -0.39 is 23.2 Å². The van der Waals surface area contributed by atoms with Crippen molar-refractivity contribution in [3.63, 3.8) is 0 Å². The monoisotopic (exact) mass is 465 g/mol. The van der Waals surface area contributed by atoms with E-state index in [1.165, 1.54) is 22.5 Å². The predicted molar refractivity (Wildman–Crippen MR) is 115 cm³/mol. The molecule has 1 aromatic heterocycles. The van der Waals surface area contributed by atoms with Crippen molar-refractivity contribution in [1.29, 1.82) is 0 Å². The van der Waals surface area contributed by atoms with Gasteiger partial charge in [0.25, 0.3) is 0 Å². The third-order valence-corrected chi connectivity index (χ3v) is 5.96. The number of allylic oxidation sites excluding steroid dienone is 1. The average molecular weight is 466 g/mol. The quantitative estimate of drug-likeness (QED) is 0.608. The van der Waals surface area contributed by atoms with Crippen LogP contribution >= 0.6 is 22.9 Å². The number of halogens is 2. The van der Waals surface area contributed by atoms with E-state index in [1.54, 1.807) is 39.3 Å². The van der Waals surface area contributed by atoms with E-state index in [0.29, 0.717) is 11.3 Å². The van der Waals surface area contributed by atoms with Crippen LogP contribution in [0.1, 0.15) is 38.3 Å². The number of aliphatic carboxylic acids is 1.